The van der Waals surface area contributed by atoms with E-state index in [9.17, 15) is 8.42 Å². The number of halogens is 2. The zero-order valence-corrected chi connectivity index (χ0v) is 14.8. The highest BCUT2D eigenvalue weighted by Crippen LogP contribution is 2.40. The molecule has 18 heavy (non-hydrogen) atoms. The molecule has 0 fully saturated rings. The highest BCUT2D eigenvalue weighted by Gasteiger charge is 2.25. The molecule has 1 aromatic carbocycles. The molecule has 1 rings (SSSR count). The standard InChI is InChI=1S/C12H17Br2NO2S/c1-6(2)8-5-9(13)10(7(3)4)12(11(8)14)18(15,16)17/h5-7H,1-4H3,(H2,15,16,17). The molecule has 0 spiro atoms. The Bertz CT molecular complexity index is 566. The van der Waals surface area contributed by atoms with E-state index in [4.69, 9.17) is 5.14 Å². The van der Waals surface area contributed by atoms with Crippen LogP contribution in [0.3, 0.4) is 0 Å². The first kappa shape index (κ1) is 16.1. The molecule has 0 aromatic heterocycles. The van der Waals surface area contributed by atoms with E-state index in [0.717, 1.165) is 10.0 Å². The molecule has 0 amide bonds. The van der Waals surface area contributed by atoms with E-state index in [1.54, 1.807) is 0 Å². The lowest BCUT2D eigenvalue weighted by Crippen LogP contribution is -2.17. The Morgan fingerprint density at radius 2 is 1.61 bits per heavy atom. The average molecular weight is 399 g/mol. The van der Waals surface area contributed by atoms with Gasteiger partial charge in [0.05, 0.1) is 0 Å². The zero-order valence-electron chi connectivity index (χ0n) is 10.8. The van der Waals surface area contributed by atoms with Crippen LogP contribution in [0.25, 0.3) is 0 Å². The molecule has 2 N–H and O–H groups in total. The minimum absolute atomic E-state index is 0.0604. The minimum atomic E-state index is -3.76. The average Bonchev–Trinajstić information content (AvgIpc) is 2.17. The van der Waals surface area contributed by atoms with Gasteiger partial charge in [0.15, 0.2) is 0 Å². The lowest BCUT2D eigenvalue weighted by atomic mass is 9.97. The van der Waals surface area contributed by atoms with Crippen LogP contribution in [-0.2, 0) is 10.0 Å². The Labute approximate surface area is 125 Å². The first-order chi connectivity index (χ1) is 8.07. The molecule has 0 atom stereocenters. The van der Waals surface area contributed by atoms with Gasteiger partial charge in [-0.05, 0) is 45.0 Å². The van der Waals surface area contributed by atoms with Gasteiger partial charge in [0.25, 0.3) is 0 Å². The fourth-order valence-electron chi connectivity index (χ4n) is 1.87. The molecular weight excluding hydrogens is 382 g/mol. The summed E-state index contributed by atoms with van der Waals surface area (Å²) >= 11 is 6.84. The monoisotopic (exact) mass is 397 g/mol. The number of hydrogen-bond acceptors (Lipinski definition) is 2. The van der Waals surface area contributed by atoms with Crippen molar-refractivity contribution in [1.29, 1.82) is 0 Å². The molecule has 3 nitrogen and oxygen atoms in total. The van der Waals surface area contributed by atoms with Crippen molar-refractivity contribution in [3.05, 3.63) is 26.1 Å². The lowest BCUT2D eigenvalue weighted by molar-refractivity contribution is 0.594. The van der Waals surface area contributed by atoms with Crippen molar-refractivity contribution in [3.63, 3.8) is 0 Å². The maximum absolute atomic E-state index is 11.8. The highest BCUT2D eigenvalue weighted by atomic mass is 79.9. The molecule has 0 aliphatic rings. The van der Waals surface area contributed by atoms with Crippen LogP contribution < -0.4 is 5.14 Å². The van der Waals surface area contributed by atoms with Crippen molar-refractivity contribution in [2.45, 2.75) is 44.4 Å². The molecule has 0 bridgehead atoms. The van der Waals surface area contributed by atoms with Crippen LogP contribution in [0.15, 0.2) is 19.9 Å². The molecule has 0 heterocycles. The van der Waals surface area contributed by atoms with Crippen LogP contribution in [0.2, 0.25) is 0 Å². The summed E-state index contributed by atoms with van der Waals surface area (Å²) in [4.78, 5) is 0.190. The van der Waals surface area contributed by atoms with Crippen LogP contribution in [0.4, 0.5) is 0 Å². The second-order valence-electron chi connectivity index (χ2n) is 4.86. The number of hydrogen-bond donors (Lipinski definition) is 1. The van der Waals surface area contributed by atoms with Gasteiger partial charge in [0.2, 0.25) is 10.0 Å². The van der Waals surface area contributed by atoms with Gasteiger partial charge in [-0.1, -0.05) is 43.6 Å². The van der Waals surface area contributed by atoms with Crippen molar-refractivity contribution in [2.75, 3.05) is 0 Å². The Morgan fingerprint density at radius 1 is 1.11 bits per heavy atom. The van der Waals surface area contributed by atoms with E-state index in [0.29, 0.717) is 10.0 Å². The Balaban J connectivity index is 3.83. The largest absolute Gasteiger partial charge is 0.239 e. The van der Waals surface area contributed by atoms with Gasteiger partial charge in [-0.2, -0.15) is 0 Å². The van der Waals surface area contributed by atoms with E-state index in [2.05, 4.69) is 31.9 Å². The predicted molar refractivity (Wildman–Crippen MR) is 81.4 cm³/mol. The number of rotatable bonds is 3. The van der Waals surface area contributed by atoms with E-state index >= 15 is 0 Å². The molecule has 6 heteroatoms. The number of benzene rings is 1. The molecule has 0 aliphatic heterocycles. The van der Waals surface area contributed by atoms with E-state index in [-0.39, 0.29) is 16.7 Å². The summed E-state index contributed by atoms with van der Waals surface area (Å²) in [5.74, 6) is 0.266. The minimum Gasteiger partial charge on any atom is -0.225 e. The van der Waals surface area contributed by atoms with Gasteiger partial charge >= 0.3 is 0 Å². The SMILES string of the molecule is CC(C)c1cc(Br)c(C(C)C)c(S(N)(=O)=O)c1Br. The summed E-state index contributed by atoms with van der Waals surface area (Å²) in [6.45, 7) is 7.90. The van der Waals surface area contributed by atoms with Crippen molar-refractivity contribution >= 4 is 41.9 Å². The first-order valence-corrected chi connectivity index (χ1v) is 8.75. The lowest BCUT2D eigenvalue weighted by Gasteiger charge is -2.19. The van der Waals surface area contributed by atoms with Gasteiger partial charge in [-0.15, -0.1) is 0 Å². The van der Waals surface area contributed by atoms with Gasteiger partial charge in [0.1, 0.15) is 4.90 Å². The van der Waals surface area contributed by atoms with E-state index in [1.165, 1.54) is 0 Å². The van der Waals surface area contributed by atoms with Crippen LogP contribution >= 0.6 is 31.9 Å². The van der Waals surface area contributed by atoms with Crippen LogP contribution in [0, 0.1) is 0 Å². The second-order valence-corrected chi connectivity index (χ2v) is 8.00. The summed E-state index contributed by atoms with van der Waals surface area (Å²) in [6, 6.07) is 1.96. The third kappa shape index (κ3) is 3.15. The van der Waals surface area contributed by atoms with Crippen molar-refractivity contribution in [3.8, 4) is 0 Å². The predicted octanol–water partition coefficient (Wildman–Crippen LogP) is 4.11. The fraction of sp³-hybridized carbons (Fsp3) is 0.500. The van der Waals surface area contributed by atoms with Crippen molar-refractivity contribution < 1.29 is 8.42 Å². The summed E-state index contributed by atoms with van der Waals surface area (Å²) in [5.41, 5.74) is 1.64. The summed E-state index contributed by atoms with van der Waals surface area (Å²) in [5, 5.41) is 5.36. The molecule has 102 valence electrons. The summed E-state index contributed by atoms with van der Waals surface area (Å²) in [6.07, 6.45) is 0. The zero-order chi connectivity index (χ0) is 14.2. The maximum atomic E-state index is 11.8. The fourth-order valence-corrected chi connectivity index (χ4v) is 5.39. The maximum Gasteiger partial charge on any atom is 0.239 e. The van der Waals surface area contributed by atoms with Crippen LogP contribution in [0.1, 0.15) is 50.7 Å². The molecule has 0 unspecified atom stereocenters. The van der Waals surface area contributed by atoms with Crippen molar-refractivity contribution in [1.82, 2.24) is 0 Å². The third-order valence-corrected chi connectivity index (χ3v) is 5.49. The number of sulfonamides is 1. The van der Waals surface area contributed by atoms with Gasteiger partial charge in [0, 0.05) is 8.95 Å². The summed E-state index contributed by atoms with van der Waals surface area (Å²) in [7, 11) is -3.76. The van der Waals surface area contributed by atoms with E-state index in [1.807, 2.05) is 33.8 Å². The van der Waals surface area contributed by atoms with Gasteiger partial charge < -0.3 is 0 Å². The van der Waals surface area contributed by atoms with Crippen LogP contribution in [-0.4, -0.2) is 8.42 Å². The van der Waals surface area contributed by atoms with Gasteiger partial charge in [-0.3, -0.25) is 0 Å². The first-order valence-electron chi connectivity index (χ1n) is 5.62. The molecular formula is C12H17Br2NO2S. The number of nitrogens with two attached hydrogens (primary N) is 1. The number of primary sulfonamides is 1. The Morgan fingerprint density at radius 3 is 1.94 bits per heavy atom. The topological polar surface area (TPSA) is 60.2 Å². The summed E-state index contributed by atoms with van der Waals surface area (Å²) < 4.78 is 25.0. The van der Waals surface area contributed by atoms with Gasteiger partial charge in [-0.25, -0.2) is 13.6 Å². The second kappa shape index (κ2) is 5.61. The smallest absolute Gasteiger partial charge is 0.225 e. The highest BCUT2D eigenvalue weighted by molar-refractivity contribution is 9.11. The molecule has 1 aromatic rings. The quantitative estimate of drug-likeness (QED) is 0.832. The molecule has 0 aliphatic carbocycles. The molecule has 0 radical (unpaired) electrons. The molecule has 0 saturated heterocycles. The van der Waals surface area contributed by atoms with Crippen molar-refractivity contribution in [2.24, 2.45) is 5.14 Å². The molecule has 0 saturated carbocycles. The Kier molecular flexibility index (Phi) is 5.03. The Hall–Kier alpha value is 0.0900. The third-order valence-electron chi connectivity index (χ3n) is 2.72. The van der Waals surface area contributed by atoms with Crippen LogP contribution in [0.5, 0.6) is 0 Å². The van der Waals surface area contributed by atoms with E-state index < -0.39 is 10.0 Å². The normalized spacial score (nSPS) is 12.5.